The van der Waals surface area contributed by atoms with Crippen LogP contribution in [-0.2, 0) is 6.18 Å². The van der Waals surface area contributed by atoms with Crippen LogP contribution < -0.4 is 5.73 Å². The molecular formula is C16H8Cl2F3N5. The fraction of sp³-hybridized carbons (Fsp3) is 0.0625. The summed E-state index contributed by atoms with van der Waals surface area (Å²) in [6.07, 6.45) is -0.307. The molecule has 0 aliphatic carbocycles. The summed E-state index contributed by atoms with van der Waals surface area (Å²) in [4.78, 5) is 3.80. The molecule has 0 fully saturated rings. The Labute approximate surface area is 156 Å². The maximum Gasteiger partial charge on any atom is 0.416 e. The Balaban J connectivity index is 2.40. The summed E-state index contributed by atoms with van der Waals surface area (Å²) in [6, 6.07) is 6.40. The Morgan fingerprint density at radius 3 is 2.31 bits per heavy atom. The van der Waals surface area contributed by atoms with E-state index in [9.17, 15) is 13.2 Å². The van der Waals surface area contributed by atoms with E-state index in [1.807, 2.05) is 0 Å². The predicted octanol–water partition coefficient (Wildman–Crippen LogP) is 4.44. The molecule has 0 spiro atoms. The van der Waals surface area contributed by atoms with Gasteiger partial charge in [0.15, 0.2) is 5.70 Å². The van der Waals surface area contributed by atoms with E-state index in [0.29, 0.717) is 5.56 Å². The van der Waals surface area contributed by atoms with Gasteiger partial charge in [0.2, 0.25) is 0 Å². The molecule has 1 aromatic carbocycles. The van der Waals surface area contributed by atoms with Gasteiger partial charge in [-0.05, 0) is 18.2 Å². The van der Waals surface area contributed by atoms with Crippen molar-refractivity contribution in [2.45, 2.75) is 6.18 Å². The van der Waals surface area contributed by atoms with Crippen LogP contribution in [-0.4, -0.2) is 10.8 Å². The highest BCUT2D eigenvalue weighted by Crippen LogP contribution is 2.37. The second-order valence-corrected chi connectivity index (χ2v) is 5.70. The van der Waals surface area contributed by atoms with Crippen molar-refractivity contribution in [1.29, 1.82) is 10.5 Å². The van der Waals surface area contributed by atoms with Crippen molar-refractivity contribution in [3.63, 3.8) is 0 Å². The van der Waals surface area contributed by atoms with E-state index < -0.39 is 11.7 Å². The van der Waals surface area contributed by atoms with Crippen molar-refractivity contribution in [3.8, 4) is 17.8 Å². The quantitative estimate of drug-likeness (QED) is 0.612. The van der Waals surface area contributed by atoms with Gasteiger partial charge in [0, 0.05) is 24.2 Å². The van der Waals surface area contributed by atoms with Gasteiger partial charge in [-0.25, -0.2) is 4.99 Å². The molecule has 0 aliphatic heterocycles. The number of allylic oxidation sites excluding steroid dienone is 2. The second-order valence-electron chi connectivity index (χ2n) is 4.88. The minimum Gasteiger partial charge on any atom is -0.388 e. The van der Waals surface area contributed by atoms with Crippen LogP contribution in [0.1, 0.15) is 11.1 Å². The van der Waals surface area contributed by atoms with Crippen molar-refractivity contribution < 1.29 is 13.2 Å². The molecule has 1 aromatic heterocycles. The Morgan fingerprint density at radius 1 is 1.19 bits per heavy atom. The Hall–Kier alpha value is -2.94. The molecule has 0 saturated carbocycles. The molecule has 1 heterocycles. The van der Waals surface area contributed by atoms with Crippen LogP contribution in [0.3, 0.4) is 0 Å². The van der Waals surface area contributed by atoms with Gasteiger partial charge in [-0.1, -0.05) is 23.2 Å². The summed E-state index contributed by atoms with van der Waals surface area (Å²) in [5.41, 5.74) is 4.42. The van der Waals surface area contributed by atoms with E-state index in [2.05, 4.69) is 4.99 Å². The third-order valence-corrected chi connectivity index (χ3v) is 3.72. The third kappa shape index (κ3) is 4.17. The zero-order valence-corrected chi connectivity index (χ0v) is 14.2. The van der Waals surface area contributed by atoms with Crippen molar-refractivity contribution in [1.82, 2.24) is 4.57 Å². The van der Waals surface area contributed by atoms with E-state index in [1.54, 1.807) is 18.2 Å². The lowest BCUT2D eigenvalue weighted by molar-refractivity contribution is -0.137. The molecule has 0 unspecified atom stereocenters. The van der Waals surface area contributed by atoms with Crippen molar-refractivity contribution in [3.05, 3.63) is 63.2 Å². The highest BCUT2D eigenvalue weighted by Gasteiger charge is 2.32. The maximum absolute atomic E-state index is 12.8. The largest absolute Gasteiger partial charge is 0.416 e. The minimum atomic E-state index is -4.57. The fourth-order valence-corrected chi connectivity index (χ4v) is 2.64. The number of rotatable bonds is 3. The molecule has 0 atom stereocenters. The number of halogens is 5. The van der Waals surface area contributed by atoms with Crippen molar-refractivity contribution >= 4 is 29.4 Å². The molecule has 0 bridgehead atoms. The first-order chi connectivity index (χ1) is 12.2. The molecular weight excluding hydrogens is 390 g/mol. The average molecular weight is 398 g/mol. The first kappa shape index (κ1) is 19.4. The number of alkyl halides is 3. The number of hydrogen-bond acceptors (Lipinski definition) is 4. The zero-order chi connectivity index (χ0) is 19.5. The van der Waals surface area contributed by atoms with Gasteiger partial charge < -0.3 is 10.3 Å². The standard InChI is InChI=1S/C16H8Cl2F3N5/c17-11-3-10(16(19,20)21)4-12(18)15(11)26-2-1-9(8-26)7-25-14(6-23)13(24)5-22/h1-4,7-8H,24H2/b14-13-,25-7?. The lowest BCUT2D eigenvalue weighted by Gasteiger charge is -2.13. The Morgan fingerprint density at radius 2 is 1.81 bits per heavy atom. The van der Waals surface area contributed by atoms with E-state index >= 15 is 0 Å². The number of nitrogens with two attached hydrogens (primary N) is 1. The van der Waals surface area contributed by atoms with Gasteiger partial charge in [-0.15, -0.1) is 0 Å². The Bertz CT molecular complexity index is 968. The summed E-state index contributed by atoms with van der Waals surface area (Å²) in [5.74, 6) is 0. The average Bonchev–Trinajstić information content (AvgIpc) is 3.02. The fourth-order valence-electron chi connectivity index (χ4n) is 1.95. The molecule has 0 aliphatic rings. The van der Waals surface area contributed by atoms with Crippen molar-refractivity contribution in [2.75, 3.05) is 0 Å². The number of nitrogens with zero attached hydrogens (tertiary/aromatic N) is 4. The van der Waals surface area contributed by atoms with Gasteiger partial charge >= 0.3 is 6.18 Å². The monoisotopic (exact) mass is 397 g/mol. The second kappa shape index (κ2) is 7.52. The highest BCUT2D eigenvalue weighted by atomic mass is 35.5. The predicted molar refractivity (Wildman–Crippen MR) is 90.8 cm³/mol. The zero-order valence-electron chi connectivity index (χ0n) is 12.7. The summed E-state index contributed by atoms with van der Waals surface area (Å²) in [6.45, 7) is 0. The van der Waals surface area contributed by atoms with Crippen LogP contribution in [0, 0.1) is 22.7 Å². The van der Waals surface area contributed by atoms with Crippen LogP contribution >= 0.6 is 23.2 Å². The maximum atomic E-state index is 12.8. The topological polar surface area (TPSA) is 90.9 Å². The van der Waals surface area contributed by atoms with Crippen LogP contribution in [0.5, 0.6) is 0 Å². The Kier molecular flexibility index (Phi) is 5.61. The molecule has 5 nitrogen and oxygen atoms in total. The SMILES string of the molecule is N#C/C(N)=C(\C#N)N=Cc1ccn(-c2c(Cl)cc(C(F)(F)F)cc2Cl)c1. The summed E-state index contributed by atoms with van der Waals surface area (Å²) < 4.78 is 39.8. The van der Waals surface area contributed by atoms with E-state index in [4.69, 9.17) is 39.5 Å². The first-order valence-electron chi connectivity index (χ1n) is 6.76. The highest BCUT2D eigenvalue weighted by molar-refractivity contribution is 6.37. The molecule has 2 rings (SSSR count). The normalized spacial score (nSPS) is 12.6. The number of hydrogen-bond donors (Lipinski definition) is 1. The minimum absolute atomic E-state index is 0.161. The lowest BCUT2D eigenvalue weighted by atomic mass is 10.2. The first-order valence-corrected chi connectivity index (χ1v) is 7.51. The van der Waals surface area contributed by atoms with Gasteiger partial charge in [0.25, 0.3) is 0 Å². The molecule has 0 amide bonds. The van der Waals surface area contributed by atoms with Crippen molar-refractivity contribution in [2.24, 2.45) is 10.7 Å². The van der Waals surface area contributed by atoms with Gasteiger partial charge in [0.05, 0.1) is 21.3 Å². The summed E-state index contributed by atoms with van der Waals surface area (Å²) in [5, 5.41) is 17.2. The number of aromatic nitrogens is 1. The molecule has 2 N–H and O–H groups in total. The van der Waals surface area contributed by atoms with Crippen LogP contribution in [0.15, 0.2) is 47.0 Å². The smallest absolute Gasteiger partial charge is 0.388 e. The number of aliphatic imine (C=N–C) groups is 1. The molecule has 2 aromatic rings. The molecule has 0 radical (unpaired) electrons. The molecule has 26 heavy (non-hydrogen) atoms. The lowest BCUT2D eigenvalue weighted by Crippen LogP contribution is -2.06. The van der Waals surface area contributed by atoms with Gasteiger partial charge in [-0.3, -0.25) is 0 Å². The van der Waals surface area contributed by atoms with Gasteiger partial charge in [0.1, 0.15) is 17.8 Å². The summed E-state index contributed by atoms with van der Waals surface area (Å²) in [7, 11) is 0. The van der Waals surface area contributed by atoms with Crippen LogP contribution in [0.4, 0.5) is 13.2 Å². The molecule has 132 valence electrons. The number of nitriles is 2. The molecule has 0 saturated heterocycles. The summed E-state index contributed by atoms with van der Waals surface area (Å²) >= 11 is 11.9. The van der Waals surface area contributed by atoms with Crippen LogP contribution in [0.25, 0.3) is 5.69 Å². The molecule has 10 heteroatoms. The van der Waals surface area contributed by atoms with E-state index in [-0.39, 0.29) is 27.1 Å². The third-order valence-electron chi connectivity index (χ3n) is 3.14. The van der Waals surface area contributed by atoms with E-state index in [0.717, 1.165) is 12.1 Å². The number of benzene rings is 1. The van der Waals surface area contributed by atoms with Gasteiger partial charge in [-0.2, -0.15) is 23.7 Å². The van der Waals surface area contributed by atoms with Crippen LogP contribution in [0.2, 0.25) is 10.0 Å². The van der Waals surface area contributed by atoms with E-state index in [1.165, 1.54) is 23.2 Å².